The SMILES string of the molecule is CC(CCc1ccccc1)NCC(O[C@H]1O[C@H](CO)[C@@H](O)[C@H](O)[C@H]1O)c1ccc(O)c(C(N)=O)c1. The molecule has 1 fully saturated rings. The molecule has 0 spiro atoms. The van der Waals surface area contributed by atoms with Crippen LogP contribution >= 0.6 is 0 Å². The van der Waals surface area contributed by atoms with E-state index in [1.165, 1.54) is 17.7 Å². The summed E-state index contributed by atoms with van der Waals surface area (Å²) in [5.74, 6) is -1.10. The van der Waals surface area contributed by atoms with Gasteiger partial charge in [-0.1, -0.05) is 36.4 Å². The number of ether oxygens (including phenoxy) is 2. The van der Waals surface area contributed by atoms with Crippen molar-refractivity contribution >= 4 is 5.91 Å². The Morgan fingerprint density at radius 3 is 2.49 bits per heavy atom. The van der Waals surface area contributed by atoms with Crippen molar-refractivity contribution in [1.82, 2.24) is 5.32 Å². The van der Waals surface area contributed by atoms with Crippen LogP contribution in [-0.4, -0.2) is 81.3 Å². The fourth-order valence-electron chi connectivity index (χ4n) is 3.98. The van der Waals surface area contributed by atoms with Crippen LogP contribution in [-0.2, 0) is 15.9 Å². The average Bonchev–Trinajstić information content (AvgIpc) is 2.86. The van der Waals surface area contributed by atoms with Crippen LogP contribution in [0.25, 0.3) is 0 Å². The Labute approximate surface area is 203 Å². The molecule has 1 aliphatic heterocycles. The molecule has 192 valence electrons. The highest BCUT2D eigenvalue weighted by atomic mass is 16.7. The lowest BCUT2D eigenvalue weighted by molar-refractivity contribution is -0.312. The van der Waals surface area contributed by atoms with E-state index < -0.39 is 49.3 Å². The Balaban J connectivity index is 1.75. The van der Waals surface area contributed by atoms with E-state index in [1.54, 1.807) is 6.07 Å². The van der Waals surface area contributed by atoms with Gasteiger partial charge in [0.1, 0.15) is 30.2 Å². The molecule has 1 aliphatic rings. The highest BCUT2D eigenvalue weighted by molar-refractivity contribution is 5.95. The predicted molar refractivity (Wildman–Crippen MR) is 126 cm³/mol. The maximum absolute atomic E-state index is 11.7. The Bertz CT molecular complexity index is 958. The predicted octanol–water partition coefficient (Wildman–Crippen LogP) is -0.0404. The third-order valence-electron chi connectivity index (χ3n) is 6.17. The van der Waals surface area contributed by atoms with Crippen molar-refractivity contribution in [3.05, 3.63) is 65.2 Å². The molecule has 35 heavy (non-hydrogen) atoms. The summed E-state index contributed by atoms with van der Waals surface area (Å²) in [7, 11) is 0. The van der Waals surface area contributed by atoms with Crippen LogP contribution in [0.15, 0.2) is 48.5 Å². The number of carbonyl (C=O) groups excluding carboxylic acids is 1. The first kappa shape index (κ1) is 27.0. The molecule has 0 aromatic heterocycles. The summed E-state index contributed by atoms with van der Waals surface area (Å²) < 4.78 is 11.5. The van der Waals surface area contributed by atoms with E-state index in [-0.39, 0.29) is 23.9 Å². The number of aromatic hydroxyl groups is 1. The molecule has 7 atom stereocenters. The summed E-state index contributed by atoms with van der Waals surface area (Å²) in [5, 5.41) is 53.4. The standard InChI is InChI=1S/C25H34N2O8/c1-14(7-8-15-5-3-2-4-6-15)27-12-19(16-9-10-18(29)17(11-16)24(26)33)34-25-23(32)22(31)21(30)20(13-28)35-25/h2-6,9-11,14,19-23,25,27-32H,7-8,12-13H2,1H3,(H2,26,33)/t14?,19?,20-,21-,22+,23-,25+/m1/s1. The molecule has 1 amide bonds. The third kappa shape index (κ3) is 6.98. The monoisotopic (exact) mass is 490 g/mol. The van der Waals surface area contributed by atoms with Gasteiger partial charge in [0.05, 0.1) is 18.3 Å². The smallest absolute Gasteiger partial charge is 0.252 e. The summed E-state index contributed by atoms with van der Waals surface area (Å²) in [5.41, 5.74) is 6.95. The van der Waals surface area contributed by atoms with Gasteiger partial charge in [0.2, 0.25) is 0 Å². The molecule has 1 heterocycles. The van der Waals surface area contributed by atoms with Crippen LogP contribution in [0.3, 0.4) is 0 Å². The molecule has 10 nitrogen and oxygen atoms in total. The quantitative estimate of drug-likeness (QED) is 0.228. The van der Waals surface area contributed by atoms with Crippen molar-refractivity contribution in [3.63, 3.8) is 0 Å². The van der Waals surface area contributed by atoms with Crippen LogP contribution in [0.1, 0.15) is 40.9 Å². The van der Waals surface area contributed by atoms with E-state index in [9.17, 15) is 30.3 Å². The summed E-state index contributed by atoms with van der Waals surface area (Å²) in [4.78, 5) is 11.7. The fourth-order valence-corrected chi connectivity index (χ4v) is 3.98. The van der Waals surface area contributed by atoms with Gasteiger partial charge in [-0.25, -0.2) is 0 Å². The van der Waals surface area contributed by atoms with Gasteiger partial charge in [-0.3, -0.25) is 4.79 Å². The highest BCUT2D eigenvalue weighted by Crippen LogP contribution is 2.29. The Morgan fingerprint density at radius 1 is 1.11 bits per heavy atom. The summed E-state index contributed by atoms with van der Waals surface area (Å²) in [6, 6.07) is 14.4. The third-order valence-corrected chi connectivity index (χ3v) is 6.17. The minimum absolute atomic E-state index is 0.0730. The van der Waals surface area contributed by atoms with E-state index in [2.05, 4.69) is 17.4 Å². The van der Waals surface area contributed by atoms with Gasteiger partial charge in [-0.2, -0.15) is 0 Å². The molecule has 0 radical (unpaired) electrons. The zero-order valence-electron chi connectivity index (χ0n) is 19.5. The van der Waals surface area contributed by atoms with E-state index in [0.29, 0.717) is 5.56 Å². The van der Waals surface area contributed by atoms with Crippen LogP contribution in [0.2, 0.25) is 0 Å². The zero-order valence-corrected chi connectivity index (χ0v) is 19.5. The first-order valence-electron chi connectivity index (χ1n) is 11.6. The van der Waals surface area contributed by atoms with Gasteiger partial charge in [0.15, 0.2) is 6.29 Å². The molecular formula is C25H34N2O8. The number of aryl methyl sites for hydroxylation is 1. The van der Waals surface area contributed by atoms with Crippen molar-refractivity contribution in [2.75, 3.05) is 13.2 Å². The van der Waals surface area contributed by atoms with Crippen molar-refractivity contribution < 1.29 is 39.8 Å². The topological polar surface area (TPSA) is 175 Å². The van der Waals surface area contributed by atoms with Gasteiger partial charge in [0, 0.05) is 12.6 Å². The first-order chi connectivity index (χ1) is 16.7. The van der Waals surface area contributed by atoms with Crippen molar-refractivity contribution in [1.29, 1.82) is 0 Å². The maximum Gasteiger partial charge on any atom is 0.252 e. The molecule has 2 unspecified atom stereocenters. The van der Waals surface area contributed by atoms with Gasteiger partial charge >= 0.3 is 0 Å². The second-order valence-electron chi connectivity index (χ2n) is 8.80. The van der Waals surface area contributed by atoms with Gasteiger partial charge in [0.25, 0.3) is 5.91 Å². The number of aliphatic hydroxyl groups excluding tert-OH is 4. The van der Waals surface area contributed by atoms with Crippen LogP contribution in [0.4, 0.5) is 0 Å². The molecule has 0 bridgehead atoms. The maximum atomic E-state index is 11.7. The number of rotatable bonds is 11. The number of nitrogens with one attached hydrogen (secondary N) is 1. The molecular weight excluding hydrogens is 456 g/mol. The number of carbonyl (C=O) groups is 1. The van der Waals surface area contributed by atoms with Crippen molar-refractivity contribution in [2.45, 2.75) is 62.6 Å². The van der Waals surface area contributed by atoms with Gasteiger partial charge in [-0.05, 0) is 43.0 Å². The van der Waals surface area contributed by atoms with E-state index >= 15 is 0 Å². The molecule has 2 aromatic carbocycles. The number of amides is 1. The van der Waals surface area contributed by atoms with Crippen LogP contribution in [0, 0.1) is 0 Å². The summed E-state index contributed by atoms with van der Waals surface area (Å²) in [6.07, 6.45) is -6.30. The Hall–Kier alpha value is -2.57. The van der Waals surface area contributed by atoms with Crippen molar-refractivity contribution in [2.24, 2.45) is 5.73 Å². The zero-order chi connectivity index (χ0) is 25.5. The number of primary amides is 1. The largest absolute Gasteiger partial charge is 0.507 e. The molecule has 1 saturated heterocycles. The van der Waals surface area contributed by atoms with Gasteiger partial charge < -0.3 is 46.1 Å². The fraction of sp³-hybridized carbons (Fsp3) is 0.480. The Morgan fingerprint density at radius 2 is 1.83 bits per heavy atom. The number of aliphatic hydroxyl groups is 4. The number of benzene rings is 2. The number of nitrogens with two attached hydrogens (primary N) is 1. The number of phenols is 1. The lowest BCUT2D eigenvalue weighted by atomic mass is 9.99. The second-order valence-corrected chi connectivity index (χ2v) is 8.80. The van der Waals surface area contributed by atoms with E-state index in [1.807, 2.05) is 25.1 Å². The number of hydrogen-bond donors (Lipinski definition) is 7. The second kappa shape index (κ2) is 12.4. The molecule has 3 rings (SSSR count). The molecule has 8 N–H and O–H groups in total. The van der Waals surface area contributed by atoms with Crippen molar-refractivity contribution in [3.8, 4) is 5.75 Å². The summed E-state index contributed by atoms with van der Waals surface area (Å²) in [6.45, 7) is 1.66. The minimum atomic E-state index is -1.59. The molecule has 0 saturated carbocycles. The highest BCUT2D eigenvalue weighted by Gasteiger charge is 2.45. The van der Waals surface area contributed by atoms with E-state index in [4.69, 9.17) is 15.2 Å². The number of hydrogen-bond acceptors (Lipinski definition) is 9. The lowest BCUT2D eigenvalue weighted by Gasteiger charge is -2.41. The van der Waals surface area contributed by atoms with Crippen LogP contribution in [0.5, 0.6) is 5.75 Å². The lowest BCUT2D eigenvalue weighted by Crippen LogP contribution is -2.59. The molecule has 0 aliphatic carbocycles. The van der Waals surface area contributed by atoms with Crippen LogP contribution < -0.4 is 11.1 Å². The minimum Gasteiger partial charge on any atom is -0.507 e. The summed E-state index contributed by atoms with van der Waals surface area (Å²) >= 11 is 0. The first-order valence-corrected chi connectivity index (χ1v) is 11.6. The van der Waals surface area contributed by atoms with E-state index in [0.717, 1.165) is 12.8 Å². The Kier molecular flexibility index (Phi) is 9.58. The van der Waals surface area contributed by atoms with Gasteiger partial charge in [-0.15, -0.1) is 0 Å². The average molecular weight is 491 g/mol. The molecule has 10 heteroatoms. The molecule has 2 aromatic rings. The normalized spacial score (nSPS) is 26.3.